The summed E-state index contributed by atoms with van der Waals surface area (Å²) < 4.78 is 1.97. The van der Waals surface area contributed by atoms with Crippen molar-refractivity contribution in [2.45, 2.75) is 32.9 Å². The molecule has 0 spiro atoms. The van der Waals surface area contributed by atoms with E-state index in [1.54, 1.807) is 0 Å². The van der Waals surface area contributed by atoms with Gasteiger partial charge in [0.2, 0.25) is 0 Å². The summed E-state index contributed by atoms with van der Waals surface area (Å²) in [5.74, 6) is 0. The van der Waals surface area contributed by atoms with Crippen LogP contribution in [0.15, 0.2) is 25.0 Å². The SMILES string of the molecule is C=CCN(CCO)Cc1cnn(C(C)(C)C)c1. The Labute approximate surface area is 104 Å². The molecule has 17 heavy (non-hydrogen) atoms. The van der Waals surface area contributed by atoms with Gasteiger partial charge in [0.1, 0.15) is 0 Å². The van der Waals surface area contributed by atoms with E-state index in [1.165, 1.54) is 0 Å². The number of hydrogen-bond donors (Lipinski definition) is 1. The van der Waals surface area contributed by atoms with Crippen LogP contribution in [0.3, 0.4) is 0 Å². The van der Waals surface area contributed by atoms with E-state index in [0.717, 1.165) is 18.7 Å². The van der Waals surface area contributed by atoms with Crippen LogP contribution in [0.25, 0.3) is 0 Å². The Bertz CT molecular complexity index is 352. The number of rotatable bonds is 6. The first-order valence-electron chi connectivity index (χ1n) is 5.95. The lowest BCUT2D eigenvalue weighted by molar-refractivity contribution is 0.203. The summed E-state index contributed by atoms with van der Waals surface area (Å²) >= 11 is 0. The molecule has 0 atom stereocenters. The van der Waals surface area contributed by atoms with Crippen molar-refractivity contribution in [3.63, 3.8) is 0 Å². The third kappa shape index (κ3) is 4.32. The minimum absolute atomic E-state index is 0.0124. The molecule has 0 aromatic carbocycles. The Morgan fingerprint density at radius 1 is 1.53 bits per heavy atom. The first-order chi connectivity index (χ1) is 7.97. The van der Waals surface area contributed by atoms with E-state index in [4.69, 9.17) is 5.11 Å². The van der Waals surface area contributed by atoms with Crippen molar-refractivity contribution in [1.82, 2.24) is 14.7 Å². The lowest BCUT2D eigenvalue weighted by Crippen LogP contribution is -2.26. The van der Waals surface area contributed by atoms with Crippen LogP contribution >= 0.6 is 0 Å². The molecule has 0 unspecified atom stereocenters. The second-order valence-corrected chi connectivity index (χ2v) is 5.21. The quantitative estimate of drug-likeness (QED) is 0.764. The third-order valence-electron chi connectivity index (χ3n) is 2.53. The Morgan fingerprint density at radius 2 is 2.24 bits per heavy atom. The van der Waals surface area contributed by atoms with Crippen molar-refractivity contribution in [1.29, 1.82) is 0 Å². The molecule has 1 aromatic rings. The van der Waals surface area contributed by atoms with E-state index >= 15 is 0 Å². The number of aliphatic hydroxyl groups is 1. The Kier molecular flexibility index (Phi) is 4.90. The molecule has 0 saturated carbocycles. The summed E-state index contributed by atoms with van der Waals surface area (Å²) in [6.45, 7) is 12.5. The molecule has 0 amide bonds. The second-order valence-electron chi connectivity index (χ2n) is 5.21. The highest BCUT2D eigenvalue weighted by molar-refractivity contribution is 5.05. The zero-order valence-electron chi connectivity index (χ0n) is 11.1. The average molecular weight is 237 g/mol. The van der Waals surface area contributed by atoms with E-state index < -0.39 is 0 Å². The summed E-state index contributed by atoms with van der Waals surface area (Å²) in [4.78, 5) is 2.14. The molecule has 0 aliphatic heterocycles. The van der Waals surface area contributed by atoms with Crippen molar-refractivity contribution in [3.8, 4) is 0 Å². The van der Waals surface area contributed by atoms with E-state index in [-0.39, 0.29) is 12.1 Å². The van der Waals surface area contributed by atoms with Gasteiger partial charge in [0, 0.05) is 31.4 Å². The van der Waals surface area contributed by atoms with Crippen LogP contribution in [0.5, 0.6) is 0 Å². The molecule has 0 radical (unpaired) electrons. The molecule has 1 aromatic heterocycles. The van der Waals surface area contributed by atoms with Gasteiger partial charge in [0.05, 0.1) is 18.3 Å². The second kappa shape index (κ2) is 5.98. The molecular formula is C13H23N3O. The first-order valence-corrected chi connectivity index (χ1v) is 5.95. The van der Waals surface area contributed by atoms with Gasteiger partial charge in [-0.3, -0.25) is 9.58 Å². The van der Waals surface area contributed by atoms with Gasteiger partial charge in [-0.2, -0.15) is 5.10 Å². The van der Waals surface area contributed by atoms with Crippen molar-refractivity contribution in [3.05, 3.63) is 30.6 Å². The monoisotopic (exact) mass is 237 g/mol. The molecule has 1 rings (SSSR count). The largest absolute Gasteiger partial charge is 0.395 e. The molecule has 0 aliphatic carbocycles. The van der Waals surface area contributed by atoms with Crippen LogP contribution in [0.4, 0.5) is 0 Å². The first kappa shape index (κ1) is 13.9. The van der Waals surface area contributed by atoms with Gasteiger partial charge < -0.3 is 5.11 Å². The molecule has 1 N–H and O–H groups in total. The van der Waals surface area contributed by atoms with Gasteiger partial charge >= 0.3 is 0 Å². The molecule has 0 bridgehead atoms. The average Bonchev–Trinajstić information content (AvgIpc) is 2.66. The molecule has 4 nitrogen and oxygen atoms in total. The minimum atomic E-state index is 0.0124. The molecule has 1 heterocycles. The Morgan fingerprint density at radius 3 is 2.71 bits per heavy atom. The maximum absolute atomic E-state index is 8.98. The zero-order valence-corrected chi connectivity index (χ0v) is 11.1. The smallest absolute Gasteiger partial charge is 0.0558 e. The zero-order chi connectivity index (χ0) is 12.9. The summed E-state index contributed by atoms with van der Waals surface area (Å²) in [6, 6.07) is 0. The van der Waals surface area contributed by atoms with Crippen LogP contribution in [0.2, 0.25) is 0 Å². The van der Waals surface area contributed by atoms with Gasteiger partial charge in [-0.1, -0.05) is 6.08 Å². The van der Waals surface area contributed by atoms with E-state index in [9.17, 15) is 0 Å². The molecule has 96 valence electrons. The fraction of sp³-hybridized carbons (Fsp3) is 0.615. The van der Waals surface area contributed by atoms with Crippen LogP contribution in [-0.2, 0) is 12.1 Å². The fourth-order valence-electron chi connectivity index (χ4n) is 1.63. The van der Waals surface area contributed by atoms with Gasteiger partial charge in [-0.05, 0) is 20.8 Å². The van der Waals surface area contributed by atoms with E-state index in [2.05, 4.69) is 43.5 Å². The van der Waals surface area contributed by atoms with Crippen LogP contribution in [0, 0.1) is 0 Å². The number of hydrogen-bond acceptors (Lipinski definition) is 3. The van der Waals surface area contributed by atoms with Crippen molar-refractivity contribution in [2.24, 2.45) is 0 Å². The highest BCUT2D eigenvalue weighted by atomic mass is 16.3. The standard InChI is InChI=1S/C13H23N3O/c1-5-6-15(7-8-17)10-12-9-14-16(11-12)13(2,3)4/h5,9,11,17H,1,6-8,10H2,2-4H3. The summed E-state index contributed by atoms with van der Waals surface area (Å²) in [7, 11) is 0. The van der Waals surface area contributed by atoms with Gasteiger partial charge in [0.25, 0.3) is 0 Å². The topological polar surface area (TPSA) is 41.3 Å². The Hall–Kier alpha value is -1.13. The Balaban J connectivity index is 2.66. The predicted octanol–water partition coefficient (Wildman–Crippen LogP) is 1.62. The lowest BCUT2D eigenvalue weighted by Gasteiger charge is -2.20. The molecule has 0 saturated heterocycles. The van der Waals surface area contributed by atoms with Crippen LogP contribution < -0.4 is 0 Å². The summed E-state index contributed by atoms with van der Waals surface area (Å²) in [6.07, 6.45) is 5.80. The summed E-state index contributed by atoms with van der Waals surface area (Å²) in [5, 5.41) is 13.3. The van der Waals surface area contributed by atoms with Gasteiger partial charge in [0.15, 0.2) is 0 Å². The van der Waals surface area contributed by atoms with Gasteiger partial charge in [-0.15, -0.1) is 6.58 Å². The lowest BCUT2D eigenvalue weighted by atomic mass is 10.1. The molecule has 4 heteroatoms. The minimum Gasteiger partial charge on any atom is -0.395 e. The summed E-state index contributed by atoms with van der Waals surface area (Å²) in [5.41, 5.74) is 1.17. The highest BCUT2D eigenvalue weighted by Crippen LogP contribution is 2.14. The van der Waals surface area contributed by atoms with Crippen LogP contribution in [-0.4, -0.2) is 39.5 Å². The third-order valence-corrected chi connectivity index (χ3v) is 2.53. The van der Waals surface area contributed by atoms with Crippen molar-refractivity contribution in [2.75, 3.05) is 19.7 Å². The fourth-order valence-corrected chi connectivity index (χ4v) is 1.63. The number of aromatic nitrogens is 2. The van der Waals surface area contributed by atoms with E-state index in [1.807, 2.05) is 17.0 Å². The number of aliphatic hydroxyl groups excluding tert-OH is 1. The molecular weight excluding hydrogens is 214 g/mol. The predicted molar refractivity (Wildman–Crippen MR) is 69.8 cm³/mol. The molecule has 0 aliphatic rings. The maximum Gasteiger partial charge on any atom is 0.0558 e. The van der Waals surface area contributed by atoms with E-state index in [0.29, 0.717) is 6.54 Å². The maximum atomic E-state index is 8.98. The number of nitrogens with zero attached hydrogens (tertiary/aromatic N) is 3. The van der Waals surface area contributed by atoms with Crippen molar-refractivity contribution >= 4 is 0 Å². The van der Waals surface area contributed by atoms with Gasteiger partial charge in [-0.25, -0.2) is 0 Å². The highest BCUT2D eigenvalue weighted by Gasteiger charge is 2.14. The molecule has 0 fully saturated rings. The van der Waals surface area contributed by atoms with Crippen LogP contribution in [0.1, 0.15) is 26.3 Å². The van der Waals surface area contributed by atoms with Crippen molar-refractivity contribution < 1.29 is 5.11 Å². The normalized spacial score (nSPS) is 12.1.